The first kappa shape index (κ1) is 10.1. The summed E-state index contributed by atoms with van der Waals surface area (Å²) in [6, 6.07) is 4.12. The second-order valence-electron chi connectivity index (χ2n) is 3.49. The summed E-state index contributed by atoms with van der Waals surface area (Å²) in [4.78, 5) is 6.79. The molecule has 0 radical (unpaired) electrons. The lowest BCUT2D eigenvalue weighted by molar-refractivity contribution is 0.230. The molecule has 3 nitrogen and oxygen atoms in total. The van der Waals surface area contributed by atoms with Gasteiger partial charge in [-0.15, -0.1) is 0 Å². The zero-order valence-corrected chi connectivity index (χ0v) is 9.63. The number of hydrogen-bond donors (Lipinski definition) is 1. The van der Waals surface area contributed by atoms with Crippen LogP contribution < -0.4 is 5.32 Å². The summed E-state index contributed by atoms with van der Waals surface area (Å²) in [5, 5.41) is 3.34. The van der Waals surface area contributed by atoms with Gasteiger partial charge in [-0.3, -0.25) is 9.88 Å². The van der Waals surface area contributed by atoms with Crippen LogP contribution in [0.5, 0.6) is 0 Å². The summed E-state index contributed by atoms with van der Waals surface area (Å²) in [5.41, 5.74) is 1.15. The maximum absolute atomic E-state index is 4.36. The summed E-state index contributed by atoms with van der Waals surface area (Å²) < 4.78 is 1.04. The van der Waals surface area contributed by atoms with Gasteiger partial charge in [0.2, 0.25) is 0 Å². The van der Waals surface area contributed by atoms with Gasteiger partial charge >= 0.3 is 0 Å². The Morgan fingerprint density at radius 3 is 2.79 bits per heavy atom. The van der Waals surface area contributed by atoms with Crippen molar-refractivity contribution in [3.63, 3.8) is 0 Å². The van der Waals surface area contributed by atoms with E-state index >= 15 is 0 Å². The van der Waals surface area contributed by atoms with E-state index in [2.05, 4.69) is 37.2 Å². The first-order valence-corrected chi connectivity index (χ1v) is 5.67. The van der Waals surface area contributed by atoms with Crippen molar-refractivity contribution in [3.05, 3.63) is 28.5 Å². The Morgan fingerprint density at radius 2 is 2.14 bits per heavy atom. The SMILES string of the molecule is Brc1ccc(CN2CCNCC2)nc1. The van der Waals surface area contributed by atoms with Crippen molar-refractivity contribution in [1.82, 2.24) is 15.2 Å². The third kappa shape index (κ3) is 2.77. The van der Waals surface area contributed by atoms with E-state index in [1.807, 2.05) is 12.3 Å². The van der Waals surface area contributed by atoms with Crippen molar-refractivity contribution in [2.24, 2.45) is 0 Å². The zero-order valence-electron chi connectivity index (χ0n) is 8.04. The van der Waals surface area contributed by atoms with Gasteiger partial charge in [-0.2, -0.15) is 0 Å². The van der Waals surface area contributed by atoms with Gasteiger partial charge in [-0.05, 0) is 28.1 Å². The van der Waals surface area contributed by atoms with E-state index in [0.717, 1.165) is 42.9 Å². The smallest absolute Gasteiger partial charge is 0.0544 e. The van der Waals surface area contributed by atoms with Gasteiger partial charge in [0.25, 0.3) is 0 Å². The van der Waals surface area contributed by atoms with E-state index in [0.29, 0.717) is 0 Å². The largest absolute Gasteiger partial charge is 0.314 e. The molecule has 1 aliphatic rings. The fraction of sp³-hybridized carbons (Fsp3) is 0.500. The summed E-state index contributed by atoms with van der Waals surface area (Å²) in [6.45, 7) is 5.40. The fourth-order valence-electron chi connectivity index (χ4n) is 1.60. The second kappa shape index (κ2) is 4.87. The lowest BCUT2D eigenvalue weighted by atomic mass is 10.3. The van der Waals surface area contributed by atoms with Crippen molar-refractivity contribution in [3.8, 4) is 0 Å². The Bertz CT molecular complexity index is 280. The molecule has 14 heavy (non-hydrogen) atoms. The van der Waals surface area contributed by atoms with Crippen LogP contribution in [-0.4, -0.2) is 36.1 Å². The number of piperazine rings is 1. The van der Waals surface area contributed by atoms with Crippen LogP contribution >= 0.6 is 15.9 Å². The summed E-state index contributed by atoms with van der Waals surface area (Å²) in [7, 11) is 0. The molecule has 1 fully saturated rings. The van der Waals surface area contributed by atoms with Crippen molar-refractivity contribution in [1.29, 1.82) is 0 Å². The maximum atomic E-state index is 4.36. The maximum Gasteiger partial charge on any atom is 0.0544 e. The van der Waals surface area contributed by atoms with Crippen molar-refractivity contribution >= 4 is 15.9 Å². The first-order valence-electron chi connectivity index (χ1n) is 4.88. The van der Waals surface area contributed by atoms with Crippen molar-refractivity contribution in [2.45, 2.75) is 6.54 Å². The van der Waals surface area contributed by atoms with E-state index in [1.165, 1.54) is 0 Å². The molecule has 4 heteroatoms. The van der Waals surface area contributed by atoms with Crippen molar-refractivity contribution < 1.29 is 0 Å². The quantitative estimate of drug-likeness (QED) is 0.863. The number of halogens is 1. The molecule has 1 aromatic heterocycles. The van der Waals surface area contributed by atoms with Crippen LogP contribution in [0, 0.1) is 0 Å². The Labute approximate surface area is 92.6 Å². The average Bonchev–Trinajstić information content (AvgIpc) is 2.23. The molecule has 0 saturated carbocycles. The lowest BCUT2D eigenvalue weighted by Gasteiger charge is -2.26. The summed E-state index contributed by atoms with van der Waals surface area (Å²) in [6.07, 6.45) is 1.86. The molecule has 1 aromatic rings. The third-order valence-corrected chi connectivity index (χ3v) is 2.85. The molecule has 2 rings (SSSR count). The fourth-order valence-corrected chi connectivity index (χ4v) is 1.83. The first-order chi connectivity index (χ1) is 6.84. The number of nitrogens with zero attached hydrogens (tertiary/aromatic N) is 2. The molecule has 0 spiro atoms. The Kier molecular flexibility index (Phi) is 3.50. The van der Waals surface area contributed by atoms with Crippen LogP contribution in [0.2, 0.25) is 0 Å². The molecule has 1 N–H and O–H groups in total. The highest BCUT2D eigenvalue weighted by Crippen LogP contribution is 2.09. The molecule has 1 saturated heterocycles. The molecule has 0 atom stereocenters. The Hall–Kier alpha value is -0.450. The molecular weight excluding hydrogens is 242 g/mol. The zero-order chi connectivity index (χ0) is 9.80. The number of nitrogens with one attached hydrogen (secondary N) is 1. The normalized spacial score (nSPS) is 18.4. The van der Waals surface area contributed by atoms with Crippen LogP contribution in [0.1, 0.15) is 5.69 Å². The van der Waals surface area contributed by atoms with E-state index < -0.39 is 0 Å². The molecular formula is C10H14BrN3. The number of hydrogen-bond acceptors (Lipinski definition) is 3. The number of pyridine rings is 1. The van der Waals surface area contributed by atoms with Gasteiger partial charge in [0.15, 0.2) is 0 Å². The molecule has 0 aromatic carbocycles. The topological polar surface area (TPSA) is 28.2 Å². The highest BCUT2D eigenvalue weighted by Gasteiger charge is 2.09. The molecule has 0 unspecified atom stereocenters. The van der Waals surface area contributed by atoms with Gasteiger partial charge < -0.3 is 5.32 Å². The summed E-state index contributed by atoms with van der Waals surface area (Å²) in [5.74, 6) is 0. The van der Waals surface area contributed by atoms with Gasteiger partial charge in [0.05, 0.1) is 5.69 Å². The van der Waals surface area contributed by atoms with E-state index in [9.17, 15) is 0 Å². The van der Waals surface area contributed by atoms with Gasteiger partial charge in [-0.25, -0.2) is 0 Å². The van der Waals surface area contributed by atoms with Crippen LogP contribution in [-0.2, 0) is 6.54 Å². The van der Waals surface area contributed by atoms with Gasteiger partial charge in [-0.1, -0.05) is 0 Å². The lowest BCUT2D eigenvalue weighted by Crippen LogP contribution is -2.43. The summed E-state index contributed by atoms with van der Waals surface area (Å²) >= 11 is 3.38. The minimum atomic E-state index is 0.967. The molecule has 0 amide bonds. The van der Waals surface area contributed by atoms with Gasteiger partial charge in [0, 0.05) is 43.4 Å². The molecule has 76 valence electrons. The molecule has 2 heterocycles. The molecule has 1 aliphatic heterocycles. The van der Waals surface area contributed by atoms with E-state index in [4.69, 9.17) is 0 Å². The van der Waals surface area contributed by atoms with Crippen LogP contribution in [0.4, 0.5) is 0 Å². The minimum Gasteiger partial charge on any atom is -0.314 e. The van der Waals surface area contributed by atoms with Crippen molar-refractivity contribution in [2.75, 3.05) is 26.2 Å². The predicted octanol–water partition coefficient (Wildman–Crippen LogP) is 1.25. The molecule has 0 bridgehead atoms. The van der Waals surface area contributed by atoms with E-state index in [1.54, 1.807) is 0 Å². The monoisotopic (exact) mass is 255 g/mol. The standard InChI is InChI=1S/C10H14BrN3/c11-9-1-2-10(13-7-9)8-14-5-3-12-4-6-14/h1-2,7,12H,3-6,8H2. The van der Waals surface area contributed by atoms with Crippen LogP contribution in [0.15, 0.2) is 22.8 Å². The highest BCUT2D eigenvalue weighted by atomic mass is 79.9. The predicted molar refractivity (Wildman–Crippen MR) is 60.1 cm³/mol. The van der Waals surface area contributed by atoms with Crippen LogP contribution in [0.25, 0.3) is 0 Å². The van der Waals surface area contributed by atoms with E-state index in [-0.39, 0.29) is 0 Å². The number of aromatic nitrogens is 1. The highest BCUT2D eigenvalue weighted by molar-refractivity contribution is 9.10. The molecule has 0 aliphatic carbocycles. The number of rotatable bonds is 2. The second-order valence-corrected chi connectivity index (χ2v) is 4.41. The van der Waals surface area contributed by atoms with Crippen LogP contribution in [0.3, 0.4) is 0 Å². The Morgan fingerprint density at radius 1 is 1.36 bits per heavy atom. The third-order valence-electron chi connectivity index (χ3n) is 2.38. The van der Waals surface area contributed by atoms with Gasteiger partial charge in [0.1, 0.15) is 0 Å². The minimum absolute atomic E-state index is 0.967. The average molecular weight is 256 g/mol. The Balaban J connectivity index is 1.92.